The largest absolute Gasteiger partial charge is 0.493 e. The van der Waals surface area contributed by atoms with E-state index in [1.807, 2.05) is 24.0 Å². The van der Waals surface area contributed by atoms with Gasteiger partial charge >= 0.3 is 0 Å². The molecule has 3 rings (SSSR count). The van der Waals surface area contributed by atoms with Gasteiger partial charge in [0.05, 0.1) is 18.7 Å². The number of carbonyl (C=O) groups excluding carboxylic acids is 1. The van der Waals surface area contributed by atoms with E-state index in [1.165, 1.54) is 11.3 Å². The molecule has 1 amide bonds. The Bertz CT molecular complexity index is 890. The van der Waals surface area contributed by atoms with E-state index >= 15 is 0 Å². The molecule has 0 radical (unpaired) electrons. The maximum atomic E-state index is 12.6. The van der Waals surface area contributed by atoms with Crippen LogP contribution < -0.4 is 14.4 Å². The van der Waals surface area contributed by atoms with Crippen LogP contribution in [-0.2, 0) is 4.79 Å². The summed E-state index contributed by atoms with van der Waals surface area (Å²) in [4.78, 5) is 16.8. The molecule has 1 aliphatic heterocycles. The number of rotatable bonds is 6. The van der Waals surface area contributed by atoms with Gasteiger partial charge in [0.1, 0.15) is 0 Å². The van der Waals surface area contributed by atoms with Gasteiger partial charge in [0.2, 0.25) is 5.91 Å². The third kappa shape index (κ3) is 5.04. The molecule has 1 heterocycles. The van der Waals surface area contributed by atoms with E-state index < -0.39 is 0 Å². The molecule has 0 unspecified atom stereocenters. The van der Waals surface area contributed by atoms with Crippen molar-refractivity contribution in [1.29, 1.82) is 0 Å². The highest BCUT2D eigenvalue weighted by Crippen LogP contribution is 2.36. The summed E-state index contributed by atoms with van der Waals surface area (Å²) in [6.07, 6.45) is 3.36. The van der Waals surface area contributed by atoms with E-state index in [2.05, 4.69) is 30.0 Å². The molecule has 0 atom stereocenters. The minimum atomic E-state index is -0.00147. The van der Waals surface area contributed by atoms with E-state index in [4.69, 9.17) is 21.1 Å². The summed E-state index contributed by atoms with van der Waals surface area (Å²) in [6.45, 7) is 7.56. The molecule has 2 aromatic carbocycles. The summed E-state index contributed by atoms with van der Waals surface area (Å²) >= 11 is 6.30. The van der Waals surface area contributed by atoms with Crippen molar-refractivity contribution in [3.05, 3.63) is 58.6 Å². The second kappa shape index (κ2) is 9.70. The second-order valence-corrected chi connectivity index (χ2v) is 7.31. The van der Waals surface area contributed by atoms with Crippen LogP contribution in [0.3, 0.4) is 0 Å². The van der Waals surface area contributed by atoms with Gasteiger partial charge in [-0.3, -0.25) is 4.79 Å². The minimum Gasteiger partial charge on any atom is -0.493 e. The molecule has 0 aliphatic carbocycles. The quantitative estimate of drug-likeness (QED) is 0.656. The second-order valence-electron chi connectivity index (χ2n) is 6.90. The van der Waals surface area contributed by atoms with E-state index in [0.717, 1.165) is 18.7 Å². The third-order valence-electron chi connectivity index (χ3n) is 5.01. The van der Waals surface area contributed by atoms with Gasteiger partial charge in [0.25, 0.3) is 0 Å². The summed E-state index contributed by atoms with van der Waals surface area (Å²) < 4.78 is 10.9. The van der Waals surface area contributed by atoms with Crippen molar-refractivity contribution < 1.29 is 14.3 Å². The van der Waals surface area contributed by atoms with Crippen molar-refractivity contribution in [2.75, 3.05) is 44.8 Å². The monoisotopic (exact) mass is 414 g/mol. The number of hydrogen-bond acceptors (Lipinski definition) is 4. The van der Waals surface area contributed by atoms with Crippen molar-refractivity contribution in [1.82, 2.24) is 4.90 Å². The lowest BCUT2D eigenvalue weighted by Gasteiger charge is -2.36. The summed E-state index contributed by atoms with van der Waals surface area (Å²) in [5, 5.41) is 0.463. The van der Waals surface area contributed by atoms with Crippen molar-refractivity contribution in [2.24, 2.45) is 0 Å². The van der Waals surface area contributed by atoms with Crippen molar-refractivity contribution in [3.8, 4) is 11.5 Å². The van der Waals surface area contributed by atoms with Gasteiger partial charge in [0, 0.05) is 37.9 Å². The lowest BCUT2D eigenvalue weighted by Crippen LogP contribution is -2.48. The summed E-state index contributed by atoms with van der Waals surface area (Å²) in [7, 11) is 1.57. The number of nitrogens with zero attached hydrogens (tertiary/aromatic N) is 2. The zero-order chi connectivity index (χ0) is 20.8. The van der Waals surface area contributed by atoms with Crippen LogP contribution in [0.5, 0.6) is 11.5 Å². The fraction of sp³-hybridized carbons (Fsp3) is 0.348. The summed E-state index contributed by atoms with van der Waals surface area (Å²) in [6, 6.07) is 11.9. The molecule has 154 valence electrons. The van der Waals surface area contributed by atoms with Crippen LogP contribution in [0.2, 0.25) is 5.02 Å². The molecular weight excluding hydrogens is 388 g/mol. The Labute approximate surface area is 177 Å². The van der Waals surface area contributed by atoms with Gasteiger partial charge in [-0.15, -0.1) is 0 Å². The van der Waals surface area contributed by atoms with Gasteiger partial charge in [-0.05, 0) is 49.2 Å². The maximum Gasteiger partial charge on any atom is 0.246 e. The average Bonchev–Trinajstić information content (AvgIpc) is 2.74. The normalized spacial score (nSPS) is 14.3. The third-order valence-corrected chi connectivity index (χ3v) is 5.29. The number of methoxy groups -OCH3 is 1. The average molecular weight is 415 g/mol. The van der Waals surface area contributed by atoms with Crippen molar-refractivity contribution in [2.45, 2.75) is 13.8 Å². The minimum absolute atomic E-state index is 0.00147. The molecule has 0 aromatic heterocycles. The Morgan fingerprint density at radius 3 is 2.55 bits per heavy atom. The van der Waals surface area contributed by atoms with Crippen LogP contribution in [0.15, 0.2) is 42.5 Å². The number of benzene rings is 2. The van der Waals surface area contributed by atoms with E-state index in [9.17, 15) is 4.79 Å². The van der Waals surface area contributed by atoms with E-state index in [0.29, 0.717) is 36.2 Å². The van der Waals surface area contributed by atoms with Gasteiger partial charge in [-0.25, -0.2) is 0 Å². The molecule has 0 N–H and O–H groups in total. The number of carbonyl (C=O) groups is 1. The number of amides is 1. The summed E-state index contributed by atoms with van der Waals surface area (Å²) in [5.41, 5.74) is 3.29. The highest BCUT2D eigenvalue weighted by molar-refractivity contribution is 6.32. The van der Waals surface area contributed by atoms with Crippen LogP contribution in [0.1, 0.15) is 18.1 Å². The van der Waals surface area contributed by atoms with Gasteiger partial charge in [0.15, 0.2) is 11.5 Å². The van der Waals surface area contributed by atoms with Gasteiger partial charge in [-0.2, -0.15) is 0 Å². The zero-order valence-corrected chi connectivity index (χ0v) is 17.9. The standard InChI is InChI=1S/C23H27ClN2O3/c1-4-29-23-19(24)15-18(16-21(23)28-3)9-10-22(27)26-13-11-25(12-14-26)20-8-6-5-7-17(20)2/h5-10,15-16H,4,11-14H2,1-3H3/b10-9+. The predicted octanol–water partition coefficient (Wildman–Crippen LogP) is 4.42. The molecule has 6 heteroatoms. The van der Waals surface area contributed by atoms with Crippen LogP contribution >= 0.6 is 11.6 Å². The Morgan fingerprint density at radius 1 is 1.17 bits per heavy atom. The molecular formula is C23H27ClN2O3. The topological polar surface area (TPSA) is 42.0 Å². The zero-order valence-electron chi connectivity index (χ0n) is 17.2. The first kappa shape index (κ1) is 21.1. The Balaban J connectivity index is 1.63. The highest BCUT2D eigenvalue weighted by Gasteiger charge is 2.20. The van der Waals surface area contributed by atoms with Gasteiger partial charge in [-0.1, -0.05) is 29.8 Å². The number of piperazine rings is 1. The van der Waals surface area contributed by atoms with Crippen LogP contribution in [0.25, 0.3) is 6.08 Å². The number of aryl methyl sites for hydroxylation is 1. The highest BCUT2D eigenvalue weighted by atomic mass is 35.5. The first-order valence-electron chi connectivity index (χ1n) is 9.81. The molecule has 1 saturated heterocycles. The van der Waals surface area contributed by atoms with Crippen LogP contribution in [0, 0.1) is 6.92 Å². The molecule has 1 aliphatic rings. The maximum absolute atomic E-state index is 12.6. The lowest BCUT2D eigenvalue weighted by atomic mass is 10.1. The molecule has 2 aromatic rings. The fourth-order valence-electron chi connectivity index (χ4n) is 3.48. The van der Waals surface area contributed by atoms with E-state index in [-0.39, 0.29) is 5.91 Å². The SMILES string of the molecule is CCOc1c(Cl)cc(/C=C/C(=O)N2CCN(c3ccccc3C)CC2)cc1OC. The first-order chi connectivity index (χ1) is 14.0. The lowest BCUT2D eigenvalue weighted by molar-refractivity contribution is -0.126. The summed E-state index contributed by atoms with van der Waals surface area (Å²) in [5.74, 6) is 1.07. The number of halogens is 1. The van der Waals surface area contributed by atoms with Crippen LogP contribution in [-0.4, -0.2) is 50.7 Å². The molecule has 0 spiro atoms. The molecule has 29 heavy (non-hydrogen) atoms. The van der Waals surface area contributed by atoms with Crippen LogP contribution in [0.4, 0.5) is 5.69 Å². The first-order valence-corrected chi connectivity index (χ1v) is 10.2. The Morgan fingerprint density at radius 2 is 1.90 bits per heavy atom. The fourth-order valence-corrected chi connectivity index (χ4v) is 3.75. The number of hydrogen-bond donors (Lipinski definition) is 0. The molecule has 0 saturated carbocycles. The number of para-hydroxylation sites is 1. The van der Waals surface area contributed by atoms with Crippen molar-refractivity contribution >= 4 is 29.3 Å². The number of anilines is 1. The van der Waals surface area contributed by atoms with E-state index in [1.54, 1.807) is 25.3 Å². The predicted molar refractivity (Wildman–Crippen MR) is 118 cm³/mol. The van der Waals surface area contributed by atoms with Gasteiger partial charge < -0.3 is 19.3 Å². The smallest absolute Gasteiger partial charge is 0.246 e. The molecule has 5 nitrogen and oxygen atoms in total. The number of ether oxygens (including phenoxy) is 2. The Hall–Kier alpha value is -2.66. The molecule has 1 fully saturated rings. The Kier molecular flexibility index (Phi) is 7.04. The van der Waals surface area contributed by atoms with Crippen molar-refractivity contribution in [3.63, 3.8) is 0 Å². The molecule has 0 bridgehead atoms.